The molecule has 1 heterocycles. The van der Waals surface area contributed by atoms with Gasteiger partial charge in [0.25, 0.3) is 0 Å². The van der Waals surface area contributed by atoms with E-state index in [1.807, 2.05) is 26.1 Å². The molecule has 59 heavy (non-hydrogen) atoms. The molecular weight excluding hydrogens is 741 g/mol. The highest BCUT2D eigenvalue weighted by Crippen LogP contribution is 2.67. The molecule has 4 aliphatic carbocycles. The van der Waals surface area contributed by atoms with Crippen LogP contribution >= 0.6 is 0 Å². The second-order valence-corrected chi connectivity index (χ2v) is 18.6. The SMILES string of the molecule is C=C(/C=C/C=C(/COCO)[C@@H]1CC[C@]2([C@@H]1O)[C@@H]1C(=C(C)C=O)[C@@H](C=C[C@H]1CCO)C[C@]2(O)CCNC)[C@@H]1Cc2cccc(c2)C[C@@](C)(CCOC)NCC2=C[C@@H]1CCC2. The fourth-order valence-corrected chi connectivity index (χ4v) is 12.0. The van der Waals surface area contributed by atoms with Crippen LogP contribution in [0.15, 0.2) is 95.2 Å². The zero-order valence-electron chi connectivity index (χ0n) is 36.1. The van der Waals surface area contributed by atoms with Crippen molar-refractivity contribution in [1.29, 1.82) is 0 Å². The molecule has 9 heteroatoms. The highest BCUT2D eigenvalue weighted by atomic mass is 16.6. The van der Waals surface area contributed by atoms with E-state index < -0.39 is 23.9 Å². The van der Waals surface area contributed by atoms with Crippen molar-refractivity contribution in [2.75, 3.05) is 53.9 Å². The topological polar surface area (TPSA) is 141 Å². The number of fused-ring (bicyclic) bond motifs is 6. The third-order valence-corrected chi connectivity index (χ3v) is 15.0. The van der Waals surface area contributed by atoms with Gasteiger partial charge in [-0.05, 0) is 144 Å². The van der Waals surface area contributed by atoms with Gasteiger partial charge in [0.1, 0.15) is 13.1 Å². The van der Waals surface area contributed by atoms with Crippen molar-refractivity contribution >= 4 is 6.29 Å². The van der Waals surface area contributed by atoms with Crippen LogP contribution in [0, 0.1) is 40.9 Å². The number of allylic oxidation sites excluding steroid dienone is 9. The largest absolute Gasteiger partial charge is 0.396 e. The summed E-state index contributed by atoms with van der Waals surface area (Å²) >= 11 is 0. The van der Waals surface area contributed by atoms with E-state index in [-0.39, 0.29) is 48.3 Å². The lowest BCUT2D eigenvalue weighted by atomic mass is 9.45. The lowest BCUT2D eigenvalue weighted by molar-refractivity contribution is -0.194. The summed E-state index contributed by atoms with van der Waals surface area (Å²) in [5.74, 6) is -0.381. The van der Waals surface area contributed by atoms with Crippen molar-refractivity contribution < 1.29 is 34.7 Å². The Morgan fingerprint density at radius 1 is 1.14 bits per heavy atom. The summed E-state index contributed by atoms with van der Waals surface area (Å²) in [7, 11) is 3.64. The van der Waals surface area contributed by atoms with Crippen LogP contribution in [0.1, 0.15) is 82.8 Å². The third kappa shape index (κ3) is 9.74. The number of ether oxygens (including phenoxy) is 2. The number of hydrogen-bond acceptors (Lipinski definition) is 9. The number of aliphatic hydroxyl groups is 4. The molecule has 1 aromatic carbocycles. The van der Waals surface area contributed by atoms with Crippen molar-refractivity contribution in [1.82, 2.24) is 10.6 Å². The Morgan fingerprint density at radius 3 is 2.69 bits per heavy atom. The van der Waals surface area contributed by atoms with E-state index in [0.717, 1.165) is 68.1 Å². The zero-order valence-corrected chi connectivity index (χ0v) is 36.1. The summed E-state index contributed by atoms with van der Waals surface area (Å²) in [6, 6.07) is 9.02. The van der Waals surface area contributed by atoms with Crippen molar-refractivity contribution in [2.45, 2.75) is 102 Å². The number of aldehydes is 1. The average molecular weight is 813 g/mol. The number of benzene rings is 1. The minimum Gasteiger partial charge on any atom is -0.396 e. The monoisotopic (exact) mass is 813 g/mol. The number of nitrogens with one attached hydrogen (secondary N) is 2. The first-order chi connectivity index (χ1) is 28.5. The number of aliphatic hydroxyl groups excluding tert-OH is 3. The van der Waals surface area contributed by atoms with Crippen LogP contribution in [0.2, 0.25) is 0 Å². The minimum absolute atomic E-state index is 0.0338. The maximum Gasteiger partial charge on any atom is 0.145 e. The number of methoxy groups -OCH3 is 1. The summed E-state index contributed by atoms with van der Waals surface area (Å²) < 4.78 is 11.2. The van der Waals surface area contributed by atoms with Crippen LogP contribution in [0.4, 0.5) is 0 Å². The first-order valence-corrected chi connectivity index (χ1v) is 22.2. The molecule has 1 spiro atoms. The zero-order chi connectivity index (χ0) is 42.2. The van der Waals surface area contributed by atoms with E-state index in [0.29, 0.717) is 56.7 Å². The van der Waals surface area contributed by atoms with Crippen molar-refractivity contribution in [3.8, 4) is 0 Å². The third-order valence-electron chi connectivity index (χ3n) is 15.0. The molecule has 0 unspecified atom stereocenters. The van der Waals surface area contributed by atoms with E-state index >= 15 is 0 Å². The van der Waals surface area contributed by atoms with Crippen molar-refractivity contribution in [2.24, 2.45) is 40.9 Å². The van der Waals surface area contributed by atoms with Gasteiger partial charge in [0.2, 0.25) is 0 Å². The Balaban J connectivity index is 1.32. The van der Waals surface area contributed by atoms with Gasteiger partial charge in [0.05, 0.1) is 18.3 Å². The number of rotatable bonds is 16. The van der Waals surface area contributed by atoms with Gasteiger partial charge < -0.3 is 40.5 Å². The van der Waals surface area contributed by atoms with Gasteiger partial charge in [-0.2, -0.15) is 0 Å². The van der Waals surface area contributed by atoms with E-state index in [1.165, 1.54) is 16.7 Å². The molecule has 9 nitrogen and oxygen atoms in total. The first kappa shape index (κ1) is 45.5. The summed E-state index contributed by atoms with van der Waals surface area (Å²) in [4.78, 5) is 12.4. The molecule has 6 bridgehead atoms. The Bertz CT molecular complexity index is 1780. The molecule has 2 saturated carbocycles. The Labute approximate surface area is 353 Å². The Morgan fingerprint density at radius 2 is 1.95 bits per heavy atom. The van der Waals surface area contributed by atoms with Gasteiger partial charge in [-0.1, -0.05) is 84.0 Å². The lowest BCUT2D eigenvalue weighted by Crippen LogP contribution is -2.65. The van der Waals surface area contributed by atoms with Crippen LogP contribution in [-0.4, -0.2) is 97.8 Å². The fourth-order valence-electron chi connectivity index (χ4n) is 12.0. The summed E-state index contributed by atoms with van der Waals surface area (Å²) in [6.07, 6.45) is 21.5. The van der Waals surface area contributed by atoms with E-state index in [9.17, 15) is 25.2 Å². The molecular formula is C50H72N2O7. The second-order valence-electron chi connectivity index (χ2n) is 18.6. The molecule has 0 radical (unpaired) electrons. The average Bonchev–Trinajstić information content (AvgIpc) is 3.58. The van der Waals surface area contributed by atoms with Gasteiger partial charge in [-0.3, -0.25) is 4.79 Å². The molecule has 1 aromatic rings. The molecule has 1 aliphatic heterocycles. The molecule has 2 fully saturated rings. The predicted octanol–water partition coefficient (Wildman–Crippen LogP) is 6.34. The molecule has 10 atom stereocenters. The second kappa shape index (κ2) is 20.3. The highest BCUT2D eigenvalue weighted by Gasteiger charge is 2.68. The van der Waals surface area contributed by atoms with E-state index in [2.05, 4.69) is 72.7 Å². The van der Waals surface area contributed by atoms with E-state index in [4.69, 9.17) is 9.47 Å². The fraction of sp³-hybridized carbons (Fsp3) is 0.620. The van der Waals surface area contributed by atoms with Gasteiger partial charge in [-0.15, -0.1) is 0 Å². The van der Waals surface area contributed by atoms with Crippen molar-refractivity contribution in [3.05, 3.63) is 106 Å². The molecule has 6 N–H and O–H groups in total. The lowest BCUT2D eigenvalue weighted by Gasteiger charge is -2.61. The first-order valence-electron chi connectivity index (χ1n) is 22.2. The Hall–Kier alpha value is -2.99. The highest BCUT2D eigenvalue weighted by molar-refractivity contribution is 5.74. The quantitative estimate of drug-likeness (QED) is 0.0372. The van der Waals surface area contributed by atoms with Crippen molar-refractivity contribution in [3.63, 3.8) is 0 Å². The Kier molecular flexibility index (Phi) is 15.6. The molecule has 6 rings (SSSR count). The standard InChI is InChI=1S/C50H72N2O7/c1-34(44-27-36-10-7-11-37(25-36)28-48(3,21-24-58-5)52-30-38-12-8-13-40(44)26-38)9-6-14-42(32-59-33-55)43-17-19-50(47(43)56)46-39(18-23-53)15-16-41(45(46)35(2)31-54)29-49(50,57)20-22-51-4/h6-7,9-11,14-16,25-26,31,39-41,43-44,46-47,51-53,55-57H,1,8,12-13,17-24,27-30,32-33H2,2-5H3/b9-6+,42-14-,45-35?/t39-,40-,41-,43-,44-,46-,47+,48+,49+,50+/m0/s1. The molecule has 0 amide bonds. The molecule has 0 saturated heterocycles. The van der Waals surface area contributed by atoms with Gasteiger partial charge >= 0.3 is 0 Å². The van der Waals surface area contributed by atoms with E-state index in [1.54, 1.807) is 7.11 Å². The van der Waals surface area contributed by atoms with Crippen LogP contribution in [-0.2, 0) is 27.1 Å². The van der Waals surface area contributed by atoms with Crippen LogP contribution < -0.4 is 10.6 Å². The predicted molar refractivity (Wildman–Crippen MR) is 234 cm³/mol. The normalized spacial score (nSPS) is 35.6. The minimum atomic E-state index is -1.23. The van der Waals surface area contributed by atoms with Gasteiger partial charge in [0.15, 0.2) is 0 Å². The van der Waals surface area contributed by atoms with Crippen LogP contribution in [0.5, 0.6) is 0 Å². The number of carbonyl (C=O) groups is 1. The van der Waals surface area contributed by atoms with Gasteiger partial charge in [-0.25, -0.2) is 0 Å². The number of carbonyl (C=O) groups excluding carboxylic acids is 1. The number of hydrogen-bond donors (Lipinski definition) is 6. The summed E-state index contributed by atoms with van der Waals surface area (Å²) in [5.41, 5.74) is 5.35. The summed E-state index contributed by atoms with van der Waals surface area (Å²) in [5, 5.41) is 53.0. The smallest absolute Gasteiger partial charge is 0.145 e. The maximum atomic E-state index is 12.9. The van der Waals surface area contributed by atoms with Crippen LogP contribution in [0.25, 0.3) is 0 Å². The van der Waals surface area contributed by atoms with Crippen LogP contribution in [0.3, 0.4) is 0 Å². The van der Waals surface area contributed by atoms with Gasteiger partial charge in [0, 0.05) is 49.7 Å². The molecule has 324 valence electrons. The molecule has 0 aromatic heterocycles. The molecule has 5 aliphatic rings. The maximum absolute atomic E-state index is 12.9. The summed E-state index contributed by atoms with van der Waals surface area (Å²) in [6.45, 7) is 10.6.